The van der Waals surface area contributed by atoms with Crippen molar-refractivity contribution in [3.05, 3.63) is 64.8 Å². The Bertz CT molecular complexity index is 1220. The van der Waals surface area contributed by atoms with Crippen molar-refractivity contribution in [1.29, 1.82) is 0 Å². The summed E-state index contributed by atoms with van der Waals surface area (Å²) in [5.74, 6) is -0.662. The molecule has 40 heavy (non-hydrogen) atoms. The summed E-state index contributed by atoms with van der Waals surface area (Å²) in [6.07, 6.45) is 16.7. The highest BCUT2D eigenvalue weighted by Gasteiger charge is 2.28. The van der Waals surface area contributed by atoms with E-state index in [1.165, 1.54) is 6.92 Å². The Morgan fingerprint density at radius 2 is 1.93 bits per heavy atom. The molecule has 8 nitrogen and oxygen atoms in total. The monoisotopic (exact) mass is 553 g/mol. The molecule has 3 aliphatic carbocycles. The zero-order valence-electron chi connectivity index (χ0n) is 23.6. The third kappa shape index (κ3) is 8.03. The van der Waals surface area contributed by atoms with Crippen LogP contribution in [-0.2, 0) is 20.7 Å². The van der Waals surface area contributed by atoms with Crippen LogP contribution in [0.25, 0.3) is 6.08 Å². The minimum absolute atomic E-state index is 0.0236. The molecule has 0 saturated heterocycles. The van der Waals surface area contributed by atoms with E-state index < -0.39 is 12.1 Å². The van der Waals surface area contributed by atoms with E-state index in [-0.39, 0.29) is 43.5 Å². The number of fused-ring (bicyclic) bond motifs is 1. The van der Waals surface area contributed by atoms with E-state index in [0.717, 1.165) is 29.0 Å². The molecule has 1 amide bonds. The molecule has 1 fully saturated rings. The Balaban J connectivity index is 1.39. The van der Waals surface area contributed by atoms with Gasteiger partial charge in [-0.15, -0.1) is 0 Å². The van der Waals surface area contributed by atoms with Crippen LogP contribution in [0.3, 0.4) is 0 Å². The van der Waals surface area contributed by atoms with Crippen molar-refractivity contribution in [2.24, 2.45) is 5.92 Å². The number of aliphatic carboxylic acids is 1. The Labute approximate surface area is 235 Å². The highest BCUT2D eigenvalue weighted by atomic mass is 19.1. The van der Waals surface area contributed by atoms with Gasteiger partial charge in [-0.05, 0) is 76.2 Å². The number of carbonyl (C=O) groups is 2. The molecule has 2 unspecified atom stereocenters. The van der Waals surface area contributed by atoms with Crippen LogP contribution in [-0.4, -0.2) is 58.3 Å². The van der Waals surface area contributed by atoms with Crippen LogP contribution in [0.2, 0.25) is 0 Å². The first kappa shape index (κ1) is 29.5. The van der Waals surface area contributed by atoms with Crippen molar-refractivity contribution in [1.82, 2.24) is 9.88 Å². The average molecular weight is 554 g/mol. The van der Waals surface area contributed by atoms with E-state index >= 15 is 0 Å². The molecule has 2 atom stereocenters. The minimum Gasteiger partial charge on any atom is -0.481 e. The summed E-state index contributed by atoms with van der Waals surface area (Å²) < 4.78 is 26.2. The van der Waals surface area contributed by atoms with Gasteiger partial charge in [0.05, 0.1) is 43.3 Å². The number of carbonyl (C=O) groups excluding carboxylic acids is 1. The number of hydrogen-bond donors (Lipinski definition) is 2. The maximum absolute atomic E-state index is 14.1. The second kappa shape index (κ2) is 13.7. The molecule has 1 heterocycles. The van der Waals surface area contributed by atoms with Gasteiger partial charge in [-0.2, -0.15) is 4.98 Å². The van der Waals surface area contributed by atoms with Gasteiger partial charge < -0.3 is 24.5 Å². The molecular weight excluding hydrogens is 513 g/mol. The number of halogens is 1. The number of anilines is 1. The van der Waals surface area contributed by atoms with E-state index in [0.29, 0.717) is 43.9 Å². The Morgan fingerprint density at radius 3 is 2.65 bits per heavy atom. The first-order valence-corrected chi connectivity index (χ1v) is 14.1. The normalized spacial score (nSPS) is 22.1. The molecule has 0 spiro atoms. The van der Waals surface area contributed by atoms with E-state index in [4.69, 9.17) is 9.15 Å². The maximum Gasteiger partial charge on any atom is 0.306 e. The lowest BCUT2D eigenvalue weighted by atomic mass is 9.87. The lowest BCUT2D eigenvalue weighted by molar-refractivity contribution is -0.144. The topological polar surface area (TPSA) is 105 Å². The molecule has 0 aromatic carbocycles. The number of nitrogens with one attached hydrogen (secondary N) is 1. The fraction of sp³-hybridized carbons (Fsp3) is 0.516. The minimum atomic E-state index is -1.18. The van der Waals surface area contributed by atoms with Gasteiger partial charge in [0.15, 0.2) is 5.76 Å². The van der Waals surface area contributed by atoms with Crippen LogP contribution in [0.4, 0.5) is 10.4 Å². The summed E-state index contributed by atoms with van der Waals surface area (Å²) >= 11 is 0. The van der Waals surface area contributed by atoms with Crippen molar-refractivity contribution in [2.45, 2.75) is 84.0 Å². The zero-order chi connectivity index (χ0) is 28.6. The maximum atomic E-state index is 14.1. The molecule has 2 N–H and O–H groups in total. The molecule has 0 radical (unpaired) electrons. The predicted octanol–water partition coefficient (Wildman–Crippen LogP) is 6.00. The number of oxazole rings is 1. The number of nitrogens with zero attached hydrogens (tertiary/aromatic N) is 2. The number of carboxylic acid groups (broad SMARTS) is 1. The predicted molar refractivity (Wildman–Crippen MR) is 152 cm³/mol. The molecular formula is C31H40FN3O5. The molecule has 216 valence electrons. The fourth-order valence-corrected chi connectivity index (χ4v) is 5.23. The van der Waals surface area contributed by atoms with Crippen LogP contribution in [0, 0.1) is 5.92 Å². The fourth-order valence-electron chi connectivity index (χ4n) is 5.23. The van der Waals surface area contributed by atoms with Crippen LogP contribution in [0.5, 0.6) is 0 Å². The second-order valence-corrected chi connectivity index (χ2v) is 10.9. The number of allylic oxidation sites excluding steroid dienone is 7. The number of amides is 1. The van der Waals surface area contributed by atoms with E-state index in [9.17, 15) is 19.1 Å². The van der Waals surface area contributed by atoms with E-state index in [1.54, 1.807) is 4.90 Å². The number of hydrogen-bond acceptors (Lipinski definition) is 6. The molecule has 4 rings (SSSR count). The zero-order valence-corrected chi connectivity index (χ0v) is 23.6. The van der Waals surface area contributed by atoms with Crippen molar-refractivity contribution in [3.63, 3.8) is 0 Å². The van der Waals surface area contributed by atoms with Crippen molar-refractivity contribution in [3.8, 4) is 0 Å². The number of rotatable bonds is 11. The largest absolute Gasteiger partial charge is 0.481 e. The van der Waals surface area contributed by atoms with Crippen LogP contribution >= 0.6 is 0 Å². The smallest absolute Gasteiger partial charge is 0.306 e. The molecule has 1 saturated carbocycles. The quantitative estimate of drug-likeness (QED) is 0.346. The highest BCUT2D eigenvalue weighted by Crippen LogP contribution is 2.28. The number of aromatic nitrogens is 1. The lowest BCUT2D eigenvalue weighted by Crippen LogP contribution is -2.45. The van der Waals surface area contributed by atoms with E-state index in [1.807, 2.05) is 38.2 Å². The first-order chi connectivity index (χ1) is 19.2. The molecule has 0 bridgehead atoms. The number of carboxylic acids is 1. The first-order valence-electron chi connectivity index (χ1n) is 14.1. The van der Waals surface area contributed by atoms with Gasteiger partial charge in [0.2, 0.25) is 5.91 Å². The highest BCUT2D eigenvalue weighted by molar-refractivity contribution is 5.81. The van der Waals surface area contributed by atoms with Gasteiger partial charge in [0.25, 0.3) is 6.01 Å². The average Bonchev–Trinajstić information content (AvgIpc) is 3.04. The number of alkyl halides is 1. The second-order valence-electron chi connectivity index (χ2n) is 10.9. The Morgan fingerprint density at radius 1 is 1.18 bits per heavy atom. The molecule has 3 aliphatic rings. The van der Waals surface area contributed by atoms with Gasteiger partial charge in [0, 0.05) is 12.1 Å². The summed E-state index contributed by atoms with van der Waals surface area (Å²) in [5.41, 5.74) is 3.54. The van der Waals surface area contributed by atoms with Crippen LogP contribution < -0.4 is 5.32 Å². The standard InChI is InChI=1S/C31H40FN3O5/c1-20-8-5-4-6-10-26(20)33-31-34-27-11-7-9-23(16-28(27)40-31)17-29(36)35(18-21(2)32)22(3)19-39-25-14-12-24(13-15-25)30(37)38/h5-10,16,21-22,24-25H,4,11-15,17-19H2,1-3H3,(H,33,34)(H,37,38). The van der Waals surface area contributed by atoms with Gasteiger partial charge in [0.1, 0.15) is 6.17 Å². The van der Waals surface area contributed by atoms with Crippen molar-refractivity contribution < 1.29 is 28.2 Å². The molecule has 1 aromatic rings. The van der Waals surface area contributed by atoms with Crippen molar-refractivity contribution in [2.75, 3.05) is 18.5 Å². The Kier molecular flexibility index (Phi) is 10.1. The van der Waals surface area contributed by atoms with Crippen molar-refractivity contribution >= 4 is 24.0 Å². The van der Waals surface area contributed by atoms with Crippen LogP contribution in [0.1, 0.15) is 70.8 Å². The third-order valence-corrected chi connectivity index (χ3v) is 7.53. The summed E-state index contributed by atoms with van der Waals surface area (Å²) in [5, 5.41) is 12.5. The molecule has 1 aromatic heterocycles. The molecule has 0 aliphatic heterocycles. The SMILES string of the molecule is CC1=C(Nc2nc3c(o2)C=C(CC(=O)N(CC(C)F)C(C)COC2CCC(C(=O)O)CC2)C=CC3)C=CCC=C1. The van der Waals surface area contributed by atoms with Crippen LogP contribution in [0.15, 0.2) is 57.7 Å². The summed E-state index contributed by atoms with van der Waals surface area (Å²) in [7, 11) is 0. The van der Waals surface area contributed by atoms with E-state index in [2.05, 4.69) is 28.5 Å². The van der Waals surface area contributed by atoms with Gasteiger partial charge in [-0.3, -0.25) is 9.59 Å². The molecule has 9 heteroatoms. The summed E-state index contributed by atoms with van der Waals surface area (Å²) in [6, 6.07) is 0.0701. The Hall–Kier alpha value is -3.46. The third-order valence-electron chi connectivity index (χ3n) is 7.53. The summed E-state index contributed by atoms with van der Waals surface area (Å²) in [4.78, 5) is 30.8. The lowest BCUT2D eigenvalue weighted by Gasteiger charge is -2.32. The number of ether oxygens (including phenoxy) is 1. The van der Waals surface area contributed by atoms with Gasteiger partial charge in [-0.25, -0.2) is 4.39 Å². The summed E-state index contributed by atoms with van der Waals surface area (Å²) in [6.45, 7) is 5.58. The van der Waals surface area contributed by atoms with Gasteiger partial charge in [-0.1, -0.05) is 30.4 Å². The van der Waals surface area contributed by atoms with Gasteiger partial charge >= 0.3 is 5.97 Å².